The van der Waals surface area contributed by atoms with Crippen molar-refractivity contribution in [3.63, 3.8) is 0 Å². The number of hydrogen-bond acceptors (Lipinski definition) is 2. The van der Waals surface area contributed by atoms with Crippen LogP contribution in [0.15, 0.2) is 12.3 Å². The van der Waals surface area contributed by atoms with Crippen molar-refractivity contribution in [3.8, 4) is 0 Å². The molecule has 0 spiro atoms. The van der Waals surface area contributed by atoms with Gasteiger partial charge in [-0.05, 0) is 45.8 Å². The molecule has 0 bridgehead atoms. The van der Waals surface area contributed by atoms with Gasteiger partial charge >= 0.3 is 0 Å². The van der Waals surface area contributed by atoms with Crippen molar-refractivity contribution >= 4 is 0 Å². The van der Waals surface area contributed by atoms with E-state index in [9.17, 15) is 0 Å². The number of rotatable bonds is 9. The summed E-state index contributed by atoms with van der Waals surface area (Å²) in [6.07, 6.45) is 7.37. The Morgan fingerprint density at radius 2 is 1.79 bits per heavy atom. The van der Waals surface area contributed by atoms with Gasteiger partial charge in [-0.3, -0.25) is 0 Å². The second kappa shape index (κ2) is 9.07. The van der Waals surface area contributed by atoms with Gasteiger partial charge in [-0.1, -0.05) is 26.3 Å². The van der Waals surface area contributed by atoms with Crippen molar-refractivity contribution in [1.82, 2.24) is 4.90 Å². The summed E-state index contributed by atoms with van der Waals surface area (Å²) >= 11 is 0. The number of hydrogen-bond donors (Lipinski definition) is 1. The molecular weight excluding hydrogens is 172 g/mol. The zero-order chi connectivity index (χ0) is 10.8. The lowest BCUT2D eigenvalue weighted by atomic mass is 10.1. The Labute approximate surface area is 89.2 Å². The predicted molar refractivity (Wildman–Crippen MR) is 64.2 cm³/mol. The summed E-state index contributed by atoms with van der Waals surface area (Å²) in [7, 11) is 2.20. The Kier molecular flexibility index (Phi) is 8.75. The minimum absolute atomic E-state index is 0.827. The smallest absolute Gasteiger partial charge is 0.000744 e. The van der Waals surface area contributed by atoms with Crippen molar-refractivity contribution in [2.75, 3.05) is 20.1 Å². The van der Waals surface area contributed by atoms with Crippen LogP contribution in [0.5, 0.6) is 0 Å². The minimum Gasteiger partial charge on any atom is -0.403 e. The summed E-state index contributed by atoms with van der Waals surface area (Å²) < 4.78 is 0. The van der Waals surface area contributed by atoms with Gasteiger partial charge in [0.05, 0.1) is 0 Å². The van der Waals surface area contributed by atoms with E-state index < -0.39 is 0 Å². The molecule has 0 amide bonds. The van der Waals surface area contributed by atoms with Crippen LogP contribution in [0.2, 0.25) is 0 Å². The maximum atomic E-state index is 5.49. The van der Waals surface area contributed by atoms with Crippen molar-refractivity contribution in [2.24, 2.45) is 5.73 Å². The molecule has 0 fully saturated rings. The maximum absolute atomic E-state index is 5.49. The third-order valence-corrected chi connectivity index (χ3v) is 2.39. The van der Waals surface area contributed by atoms with Crippen molar-refractivity contribution in [3.05, 3.63) is 12.3 Å². The monoisotopic (exact) mass is 198 g/mol. The minimum atomic E-state index is 0.827. The maximum Gasteiger partial charge on any atom is 0.000744 e. The molecule has 0 aromatic rings. The number of nitrogens with two attached hydrogens (primary N) is 1. The molecule has 14 heavy (non-hydrogen) atoms. The first-order valence-corrected chi connectivity index (χ1v) is 5.78. The lowest BCUT2D eigenvalue weighted by molar-refractivity contribution is 0.324. The molecule has 2 N–H and O–H groups in total. The highest BCUT2D eigenvalue weighted by atomic mass is 15.1. The van der Waals surface area contributed by atoms with Crippen LogP contribution in [-0.4, -0.2) is 25.0 Å². The van der Waals surface area contributed by atoms with E-state index in [-0.39, 0.29) is 0 Å². The summed E-state index contributed by atoms with van der Waals surface area (Å²) in [6, 6.07) is 0. The molecule has 0 saturated carbocycles. The molecule has 2 nitrogen and oxygen atoms in total. The molecule has 84 valence electrons. The van der Waals surface area contributed by atoms with Gasteiger partial charge in [0.2, 0.25) is 0 Å². The number of nitrogens with zero attached hydrogens (tertiary/aromatic N) is 1. The normalized spacial score (nSPS) is 10.8. The van der Waals surface area contributed by atoms with Crippen molar-refractivity contribution in [2.45, 2.75) is 45.4 Å². The summed E-state index contributed by atoms with van der Waals surface area (Å²) in [5.74, 6) is 0. The van der Waals surface area contributed by atoms with E-state index in [0.717, 1.165) is 12.1 Å². The quantitative estimate of drug-likeness (QED) is 0.577. The molecule has 0 aliphatic rings. The molecule has 0 heterocycles. The summed E-state index contributed by atoms with van der Waals surface area (Å²) in [5, 5.41) is 0. The van der Waals surface area contributed by atoms with Crippen LogP contribution in [0.3, 0.4) is 0 Å². The largest absolute Gasteiger partial charge is 0.403 e. The topological polar surface area (TPSA) is 29.3 Å². The van der Waals surface area contributed by atoms with E-state index in [4.69, 9.17) is 5.73 Å². The lowest BCUT2D eigenvalue weighted by Crippen LogP contribution is -2.20. The second-order valence-electron chi connectivity index (χ2n) is 4.13. The highest BCUT2D eigenvalue weighted by Gasteiger charge is 1.96. The van der Waals surface area contributed by atoms with Gasteiger partial charge in [0.1, 0.15) is 0 Å². The van der Waals surface area contributed by atoms with Gasteiger partial charge in [0.25, 0.3) is 0 Å². The van der Waals surface area contributed by atoms with Crippen LogP contribution in [0.4, 0.5) is 0 Å². The van der Waals surface area contributed by atoms with E-state index in [1.807, 2.05) is 0 Å². The lowest BCUT2D eigenvalue weighted by Gasteiger charge is -2.14. The SMILES string of the molecule is C=C(N)CCCCCCN(C)CCC. The molecule has 0 aliphatic heterocycles. The van der Waals surface area contributed by atoms with E-state index >= 15 is 0 Å². The summed E-state index contributed by atoms with van der Waals surface area (Å²) in [6.45, 7) is 8.38. The molecule has 0 atom stereocenters. The Morgan fingerprint density at radius 1 is 1.14 bits per heavy atom. The van der Waals surface area contributed by atoms with Crippen molar-refractivity contribution in [1.29, 1.82) is 0 Å². The zero-order valence-electron chi connectivity index (χ0n) is 9.89. The molecule has 0 aliphatic carbocycles. The predicted octanol–water partition coefficient (Wildman–Crippen LogP) is 2.75. The van der Waals surface area contributed by atoms with Crippen LogP contribution < -0.4 is 5.73 Å². The van der Waals surface area contributed by atoms with E-state index in [1.165, 1.54) is 45.2 Å². The summed E-state index contributed by atoms with van der Waals surface area (Å²) in [5.41, 5.74) is 6.32. The second-order valence-corrected chi connectivity index (χ2v) is 4.13. The first-order valence-electron chi connectivity index (χ1n) is 5.78. The van der Waals surface area contributed by atoms with Gasteiger partial charge in [-0.15, -0.1) is 0 Å². The van der Waals surface area contributed by atoms with Crippen LogP contribution in [0.25, 0.3) is 0 Å². The van der Waals surface area contributed by atoms with Crippen LogP contribution in [0, 0.1) is 0 Å². The molecule has 0 radical (unpaired) electrons. The van der Waals surface area contributed by atoms with Crippen LogP contribution in [0.1, 0.15) is 45.4 Å². The fraction of sp³-hybridized carbons (Fsp3) is 0.833. The number of allylic oxidation sites excluding steroid dienone is 1. The fourth-order valence-electron chi connectivity index (χ4n) is 1.58. The Bertz CT molecular complexity index is 143. The first kappa shape index (κ1) is 13.5. The fourth-order valence-corrected chi connectivity index (χ4v) is 1.58. The van der Waals surface area contributed by atoms with Gasteiger partial charge in [-0.25, -0.2) is 0 Å². The van der Waals surface area contributed by atoms with Crippen molar-refractivity contribution < 1.29 is 0 Å². The molecule has 0 rings (SSSR count). The first-order chi connectivity index (χ1) is 6.66. The van der Waals surface area contributed by atoms with E-state index in [0.29, 0.717) is 0 Å². The molecule has 0 unspecified atom stereocenters. The molecule has 0 aromatic carbocycles. The zero-order valence-corrected chi connectivity index (χ0v) is 9.89. The third kappa shape index (κ3) is 9.59. The van der Waals surface area contributed by atoms with E-state index in [1.54, 1.807) is 0 Å². The average Bonchev–Trinajstić information content (AvgIpc) is 2.11. The number of unbranched alkanes of at least 4 members (excludes halogenated alkanes) is 3. The Morgan fingerprint density at radius 3 is 2.36 bits per heavy atom. The summed E-state index contributed by atoms with van der Waals surface area (Å²) in [4.78, 5) is 2.40. The van der Waals surface area contributed by atoms with Crippen LogP contribution >= 0.6 is 0 Å². The van der Waals surface area contributed by atoms with Gasteiger partial charge in [0.15, 0.2) is 0 Å². The standard InChI is InChI=1S/C12H26N2/c1-4-10-14(3)11-8-6-5-7-9-12(2)13/h2,4-11,13H2,1,3H3. The van der Waals surface area contributed by atoms with Gasteiger partial charge < -0.3 is 10.6 Å². The molecule has 0 saturated heterocycles. The molecule has 0 aromatic heterocycles. The Balaban J connectivity index is 3.09. The average molecular weight is 198 g/mol. The third-order valence-electron chi connectivity index (χ3n) is 2.39. The van der Waals surface area contributed by atoms with Crippen LogP contribution in [-0.2, 0) is 0 Å². The molecule has 2 heteroatoms. The van der Waals surface area contributed by atoms with E-state index in [2.05, 4.69) is 25.5 Å². The Hall–Kier alpha value is -0.500. The van der Waals surface area contributed by atoms with Gasteiger partial charge in [0, 0.05) is 5.70 Å². The highest BCUT2D eigenvalue weighted by molar-refractivity contribution is 4.84. The van der Waals surface area contributed by atoms with Gasteiger partial charge in [-0.2, -0.15) is 0 Å². The highest BCUT2D eigenvalue weighted by Crippen LogP contribution is 2.05. The molecular formula is C12H26N2.